The second-order valence-corrected chi connectivity index (χ2v) is 10.5. The molecule has 0 spiro atoms. The molecule has 1 N–H and O–H groups in total. The number of carbonyl (C=O) groups excluding carboxylic acids is 1. The molecule has 0 radical (unpaired) electrons. The third-order valence-corrected chi connectivity index (χ3v) is 5.52. The SMILES string of the molecule is CC(C)(C)C(=O)CC(S)C(C)(C)C.O=S(=O)(O)C(F)(F)C(F)(F)C(F)(F)C(F)(F)F. The summed E-state index contributed by atoms with van der Waals surface area (Å²) >= 11 is 4.46. The van der Waals surface area contributed by atoms with Gasteiger partial charge in [0.05, 0.1) is 0 Å². The standard InChI is InChI=1S/C11H22OS.C4HF9O3S/c1-10(2,3)8(12)7-9(13)11(4,5)6;5-1(6,3(9,10)11)2(7,8)4(12,13)17(14,15)16/h9,13H,7H2,1-6H3;(H,14,15,16). The largest absolute Gasteiger partial charge is 0.460 e. The smallest absolute Gasteiger partial charge is 0.299 e. The number of alkyl halides is 9. The van der Waals surface area contributed by atoms with Crippen molar-refractivity contribution in [1.82, 2.24) is 0 Å². The van der Waals surface area contributed by atoms with E-state index >= 15 is 0 Å². The third-order valence-electron chi connectivity index (χ3n) is 3.65. The highest BCUT2D eigenvalue weighted by molar-refractivity contribution is 7.87. The normalized spacial score (nSPS) is 15.9. The van der Waals surface area contributed by atoms with Crippen molar-refractivity contribution >= 4 is 28.5 Å². The zero-order valence-corrected chi connectivity index (χ0v) is 18.4. The summed E-state index contributed by atoms with van der Waals surface area (Å²) in [5.41, 5.74) is -0.129. The Balaban J connectivity index is 0. The summed E-state index contributed by atoms with van der Waals surface area (Å²) in [5, 5.41) is -6.85. The molecule has 1 atom stereocenters. The molecule has 0 amide bonds. The van der Waals surface area contributed by atoms with Crippen LogP contribution in [0.4, 0.5) is 39.5 Å². The first-order valence-electron chi connectivity index (χ1n) is 7.93. The van der Waals surface area contributed by atoms with E-state index in [1.165, 1.54) is 0 Å². The molecule has 0 saturated heterocycles. The maximum Gasteiger partial charge on any atom is 0.460 e. The number of thiol groups is 1. The lowest BCUT2D eigenvalue weighted by Crippen LogP contribution is -2.63. The average Bonchev–Trinajstić information content (AvgIpc) is 2.42. The van der Waals surface area contributed by atoms with Crippen LogP contribution in [0, 0.1) is 10.8 Å². The molecule has 1 unspecified atom stereocenters. The van der Waals surface area contributed by atoms with Crippen LogP contribution >= 0.6 is 12.6 Å². The van der Waals surface area contributed by atoms with E-state index in [2.05, 4.69) is 33.4 Å². The molecule has 15 heteroatoms. The number of halogens is 9. The second kappa shape index (κ2) is 9.04. The van der Waals surface area contributed by atoms with E-state index in [9.17, 15) is 52.7 Å². The van der Waals surface area contributed by atoms with Gasteiger partial charge in [-0.15, -0.1) is 0 Å². The minimum Gasteiger partial charge on any atom is -0.299 e. The highest BCUT2D eigenvalue weighted by Gasteiger charge is 2.85. The topological polar surface area (TPSA) is 71.4 Å². The number of Topliss-reactive ketones (excluding diaryl/α,β-unsaturated/α-hetero) is 1. The molecule has 0 bridgehead atoms. The lowest BCUT2D eigenvalue weighted by Gasteiger charge is -2.31. The maximum absolute atomic E-state index is 12.2. The number of carbonyl (C=O) groups is 1. The molecule has 0 heterocycles. The van der Waals surface area contributed by atoms with Crippen molar-refractivity contribution < 1.29 is 57.3 Å². The fraction of sp³-hybridized carbons (Fsp3) is 0.933. The lowest BCUT2D eigenvalue weighted by molar-refractivity contribution is -0.382. The first kappa shape index (κ1) is 31.5. The fourth-order valence-electron chi connectivity index (χ4n) is 1.31. The summed E-state index contributed by atoms with van der Waals surface area (Å²) in [6.07, 6.45) is -6.57. The summed E-state index contributed by atoms with van der Waals surface area (Å²) in [6, 6.07) is 0. The molecule has 0 aromatic carbocycles. The van der Waals surface area contributed by atoms with Crippen molar-refractivity contribution in [2.75, 3.05) is 0 Å². The van der Waals surface area contributed by atoms with Crippen LogP contribution in [0.2, 0.25) is 0 Å². The highest BCUT2D eigenvalue weighted by Crippen LogP contribution is 2.54. The van der Waals surface area contributed by atoms with Gasteiger partial charge in [0, 0.05) is 17.1 Å². The van der Waals surface area contributed by atoms with Crippen LogP contribution in [0.15, 0.2) is 0 Å². The third kappa shape index (κ3) is 7.18. The van der Waals surface area contributed by atoms with Gasteiger partial charge in [0.2, 0.25) is 0 Å². The summed E-state index contributed by atoms with van der Waals surface area (Å²) in [5.74, 6) is -14.4. The second-order valence-electron chi connectivity index (χ2n) is 8.40. The molecule has 0 aromatic rings. The van der Waals surface area contributed by atoms with E-state index in [0.717, 1.165) is 0 Å². The number of rotatable bonds is 5. The van der Waals surface area contributed by atoms with Crippen molar-refractivity contribution in [3.63, 3.8) is 0 Å². The Morgan fingerprint density at radius 1 is 0.833 bits per heavy atom. The lowest BCUT2D eigenvalue weighted by atomic mass is 9.82. The predicted molar refractivity (Wildman–Crippen MR) is 93.8 cm³/mol. The van der Waals surface area contributed by atoms with Gasteiger partial charge < -0.3 is 0 Å². The van der Waals surface area contributed by atoms with Crippen molar-refractivity contribution in [1.29, 1.82) is 0 Å². The van der Waals surface area contributed by atoms with E-state index in [0.29, 0.717) is 12.2 Å². The van der Waals surface area contributed by atoms with Crippen LogP contribution in [0.1, 0.15) is 48.0 Å². The first-order chi connectivity index (χ1) is 12.5. The van der Waals surface area contributed by atoms with Crippen molar-refractivity contribution in [2.45, 2.75) is 76.5 Å². The van der Waals surface area contributed by atoms with Gasteiger partial charge in [0.1, 0.15) is 5.78 Å². The molecule has 182 valence electrons. The zero-order valence-electron chi connectivity index (χ0n) is 16.7. The molecule has 0 aromatic heterocycles. The molecule has 0 aliphatic heterocycles. The highest BCUT2D eigenvalue weighted by atomic mass is 32.2. The first-order valence-corrected chi connectivity index (χ1v) is 9.89. The Morgan fingerprint density at radius 3 is 1.37 bits per heavy atom. The number of ketones is 1. The molecule has 4 nitrogen and oxygen atoms in total. The van der Waals surface area contributed by atoms with Gasteiger partial charge in [-0.3, -0.25) is 9.35 Å². The Hall–Kier alpha value is -0.700. The fourth-order valence-corrected chi connectivity index (χ4v) is 1.93. The zero-order chi connectivity index (χ0) is 25.4. The molecule has 30 heavy (non-hydrogen) atoms. The molecule has 0 saturated carbocycles. The maximum atomic E-state index is 12.2. The molecule has 0 aliphatic rings. The quantitative estimate of drug-likeness (QED) is 0.290. The van der Waals surface area contributed by atoms with Gasteiger partial charge >= 0.3 is 33.4 Å². The summed E-state index contributed by atoms with van der Waals surface area (Å²) < 4.78 is 134. The van der Waals surface area contributed by atoms with Crippen LogP contribution in [-0.4, -0.2) is 47.3 Å². The molecular weight excluding hydrogens is 479 g/mol. The van der Waals surface area contributed by atoms with E-state index in [-0.39, 0.29) is 16.1 Å². The van der Waals surface area contributed by atoms with Gasteiger partial charge in [-0.25, -0.2) is 0 Å². The van der Waals surface area contributed by atoms with Crippen LogP contribution in [-0.2, 0) is 14.9 Å². The minimum absolute atomic E-state index is 0.101. The van der Waals surface area contributed by atoms with Gasteiger partial charge in [0.25, 0.3) is 0 Å². The van der Waals surface area contributed by atoms with Gasteiger partial charge in [-0.1, -0.05) is 41.5 Å². The van der Waals surface area contributed by atoms with Crippen LogP contribution in [0.3, 0.4) is 0 Å². The summed E-state index contributed by atoms with van der Waals surface area (Å²) in [4.78, 5) is 11.7. The van der Waals surface area contributed by atoms with Crippen molar-refractivity contribution in [3.05, 3.63) is 0 Å². The van der Waals surface area contributed by atoms with Crippen LogP contribution < -0.4 is 0 Å². The molecule has 0 aliphatic carbocycles. The van der Waals surface area contributed by atoms with E-state index in [1.54, 1.807) is 0 Å². The van der Waals surface area contributed by atoms with Crippen LogP contribution in [0.25, 0.3) is 0 Å². The predicted octanol–water partition coefficient (Wildman–Crippen LogP) is 5.64. The summed E-state index contributed by atoms with van der Waals surface area (Å²) in [6.45, 7) is 12.2. The Bertz CT molecular complexity index is 703. The summed E-state index contributed by atoms with van der Waals surface area (Å²) in [7, 11) is -7.17. The van der Waals surface area contributed by atoms with E-state index in [1.807, 2.05) is 20.8 Å². The Morgan fingerprint density at radius 2 is 1.17 bits per heavy atom. The molecular formula is C15H23F9O4S2. The molecule has 0 fully saturated rings. The Labute approximate surface area is 173 Å². The van der Waals surface area contributed by atoms with Crippen molar-refractivity contribution in [2.24, 2.45) is 10.8 Å². The van der Waals surface area contributed by atoms with Gasteiger partial charge in [-0.05, 0) is 5.41 Å². The van der Waals surface area contributed by atoms with E-state index in [4.69, 9.17) is 4.55 Å². The Kier molecular flexibility index (Phi) is 9.49. The minimum atomic E-state index is -7.37. The van der Waals surface area contributed by atoms with Gasteiger partial charge in [0.15, 0.2) is 0 Å². The van der Waals surface area contributed by atoms with Crippen molar-refractivity contribution in [3.8, 4) is 0 Å². The number of hydrogen-bond acceptors (Lipinski definition) is 4. The van der Waals surface area contributed by atoms with Crippen LogP contribution in [0.5, 0.6) is 0 Å². The van der Waals surface area contributed by atoms with E-state index < -0.39 is 33.4 Å². The average molecular weight is 502 g/mol. The molecule has 0 rings (SSSR count). The number of hydrogen-bond donors (Lipinski definition) is 2. The monoisotopic (exact) mass is 502 g/mol. The van der Waals surface area contributed by atoms with Gasteiger partial charge in [-0.2, -0.15) is 60.6 Å².